The third kappa shape index (κ3) is 2.88. The molecule has 19 heavy (non-hydrogen) atoms. The van der Waals surface area contributed by atoms with Gasteiger partial charge < -0.3 is 10.1 Å². The van der Waals surface area contributed by atoms with Crippen LogP contribution in [0.4, 0.5) is 5.82 Å². The molecule has 0 atom stereocenters. The Kier molecular flexibility index (Phi) is 3.24. The number of aromatic nitrogens is 5. The van der Waals surface area contributed by atoms with Gasteiger partial charge in [-0.25, -0.2) is 8.42 Å². The lowest BCUT2D eigenvalue weighted by molar-refractivity contribution is -0.392. The highest BCUT2D eigenvalue weighted by molar-refractivity contribution is 8.13. The van der Waals surface area contributed by atoms with E-state index in [9.17, 15) is 18.5 Å². The highest BCUT2D eigenvalue weighted by atomic mass is 35.7. The van der Waals surface area contributed by atoms with Crippen molar-refractivity contribution in [1.82, 2.24) is 24.8 Å². The number of rotatable bonds is 4. The first kappa shape index (κ1) is 13.4. The van der Waals surface area contributed by atoms with Crippen LogP contribution >= 0.6 is 10.7 Å². The Morgan fingerprint density at radius 1 is 1.47 bits per heavy atom. The zero-order valence-corrected chi connectivity index (χ0v) is 11.0. The van der Waals surface area contributed by atoms with E-state index in [4.69, 9.17) is 10.7 Å². The van der Waals surface area contributed by atoms with Crippen LogP contribution < -0.4 is 0 Å². The molecular formula is C7H7ClN6O4S. The van der Waals surface area contributed by atoms with Gasteiger partial charge in [-0.15, -0.1) is 5.10 Å². The smallest absolute Gasteiger partial charge is 0.358 e. The summed E-state index contributed by atoms with van der Waals surface area (Å²) in [4.78, 5) is 9.15. The van der Waals surface area contributed by atoms with Gasteiger partial charge in [0.25, 0.3) is 9.05 Å². The van der Waals surface area contributed by atoms with Gasteiger partial charge in [0, 0.05) is 17.7 Å². The molecule has 0 saturated carbocycles. The standard InChI is InChI=1S/C7H7ClN6O4S/c1-12-2-5(9-11-12)3-13-4-6(19(8,17)18)7(10-13)14(15)16/h2,4H,3H2,1H3. The van der Waals surface area contributed by atoms with Gasteiger partial charge in [-0.05, 0) is 4.92 Å². The van der Waals surface area contributed by atoms with Gasteiger partial charge in [0.15, 0.2) is 0 Å². The molecule has 2 aromatic rings. The summed E-state index contributed by atoms with van der Waals surface area (Å²) in [5.41, 5.74) is 0.471. The van der Waals surface area contributed by atoms with Crippen LogP contribution in [0, 0.1) is 10.1 Å². The first-order valence-electron chi connectivity index (χ1n) is 4.79. The fourth-order valence-corrected chi connectivity index (χ4v) is 2.31. The van der Waals surface area contributed by atoms with E-state index in [1.165, 1.54) is 4.68 Å². The maximum Gasteiger partial charge on any atom is 0.410 e. The van der Waals surface area contributed by atoms with Crippen molar-refractivity contribution in [2.24, 2.45) is 7.05 Å². The molecule has 2 rings (SSSR count). The van der Waals surface area contributed by atoms with Crippen LogP contribution in [0.2, 0.25) is 0 Å². The van der Waals surface area contributed by atoms with E-state index in [1.54, 1.807) is 13.2 Å². The zero-order valence-electron chi connectivity index (χ0n) is 9.46. The van der Waals surface area contributed by atoms with Crippen molar-refractivity contribution in [3.8, 4) is 0 Å². The molecule has 2 heterocycles. The summed E-state index contributed by atoms with van der Waals surface area (Å²) in [6, 6.07) is 0. The Hall–Kier alpha value is -2.01. The number of halogens is 1. The van der Waals surface area contributed by atoms with Crippen LogP contribution in [0.3, 0.4) is 0 Å². The van der Waals surface area contributed by atoms with E-state index in [0.717, 1.165) is 10.9 Å². The lowest BCUT2D eigenvalue weighted by Crippen LogP contribution is -2.01. The molecular weight excluding hydrogens is 300 g/mol. The number of hydrogen-bond acceptors (Lipinski definition) is 7. The quantitative estimate of drug-likeness (QED) is 0.438. The summed E-state index contributed by atoms with van der Waals surface area (Å²) in [5.74, 6) is -0.820. The summed E-state index contributed by atoms with van der Waals surface area (Å²) < 4.78 is 24.9. The Morgan fingerprint density at radius 3 is 2.58 bits per heavy atom. The molecule has 0 N–H and O–H groups in total. The molecule has 0 saturated heterocycles. The number of nitrogens with zero attached hydrogens (tertiary/aromatic N) is 6. The maximum absolute atomic E-state index is 11.2. The highest BCUT2D eigenvalue weighted by Gasteiger charge is 2.30. The third-order valence-corrected chi connectivity index (χ3v) is 3.43. The second-order valence-electron chi connectivity index (χ2n) is 3.59. The molecule has 12 heteroatoms. The second kappa shape index (κ2) is 4.59. The monoisotopic (exact) mass is 306 g/mol. The number of nitro groups is 1. The highest BCUT2D eigenvalue weighted by Crippen LogP contribution is 2.25. The van der Waals surface area contributed by atoms with Crippen LogP contribution in [0.15, 0.2) is 17.3 Å². The second-order valence-corrected chi connectivity index (χ2v) is 6.13. The van der Waals surface area contributed by atoms with Crippen LogP contribution in [0.1, 0.15) is 5.69 Å². The molecule has 10 nitrogen and oxygen atoms in total. The molecule has 102 valence electrons. The van der Waals surface area contributed by atoms with E-state index in [1.807, 2.05) is 0 Å². The van der Waals surface area contributed by atoms with Crippen molar-refractivity contribution in [3.63, 3.8) is 0 Å². The Bertz CT molecular complexity index is 735. The predicted molar refractivity (Wildman–Crippen MR) is 62.0 cm³/mol. The van der Waals surface area contributed by atoms with Gasteiger partial charge in [-0.2, -0.15) is 4.68 Å². The van der Waals surface area contributed by atoms with Gasteiger partial charge >= 0.3 is 5.82 Å². The lowest BCUT2D eigenvalue weighted by atomic mass is 10.5. The summed E-state index contributed by atoms with van der Waals surface area (Å²) in [6.45, 7) is 0.0427. The average molecular weight is 307 g/mol. The first-order chi connectivity index (χ1) is 8.77. The van der Waals surface area contributed by atoms with Gasteiger partial charge in [-0.1, -0.05) is 5.21 Å². The molecule has 0 fully saturated rings. The number of hydrogen-bond donors (Lipinski definition) is 0. The number of aryl methyl sites for hydroxylation is 1. The van der Waals surface area contributed by atoms with Crippen molar-refractivity contribution in [3.05, 3.63) is 28.2 Å². The van der Waals surface area contributed by atoms with Crippen LogP contribution in [-0.2, 0) is 22.6 Å². The van der Waals surface area contributed by atoms with Crippen molar-refractivity contribution >= 4 is 25.6 Å². The Morgan fingerprint density at radius 2 is 2.16 bits per heavy atom. The summed E-state index contributed by atoms with van der Waals surface area (Å²) in [7, 11) is 2.52. The average Bonchev–Trinajstić information content (AvgIpc) is 2.85. The van der Waals surface area contributed by atoms with Gasteiger partial charge in [0.05, 0.1) is 17.5 Å². The molecule has 0 amide bonds. The predicted octanol–water partition coefficient (Wildman–Crippen LogP) is -0.104. The van der Waals surface area contributed by atoms with Crippen LogP contribution in [0.25, 0.3) is 0 Å². The van der Waals surface area contributed by atoms with E-state index in [2.05, 4.69) is 15.4 Å². The van der Waals surface area contributed by atoms with Crippen molar-refractivity contribution in [1.29, 1.82) is 0 Å². The molecule has 0 spiro atoms. The van der Waals surface area contributed by atoms with Crippen LogP contribution in [-0.4, -0.2) is 38.1 Å². The SMILES string of the molecule is Cn1cc(Cn2cc(S(=O)(=O)Cl)c([N+](=O)[O-])n2)nn1. The maximum atomic E-state index is 11.2. The molecule has 0 bridgehead atoms. The summed E-state index contributed by atoms with van der Waals surface area (Å²) >= 11 is 0. The normalized spacial score (nSPS) is 11.7. The minimum atomic E-state index is -4.24. The molecule has 0 aliphatic carbocycles. The first-order valence-corrected chi connectivity index (χ1v) is 7.10. The van der Waals surface area contributed by atoms with Gasteiger partial charge in [0.2, 0.25) is 4.90 Å². The zero-order chi connectivity index (χ0) is 14.2. The van der Waals surface area contributed by atoms with Crippen LogP contribution in [0.5, 0.6) is 0 Å². The minimum Gasteiger partial charge on any atom is -0.358 e. The van der Waals surface area contributed by atoms with Gasteiger partial charge in [-0.3, -0.25) is 4.68 Å². The largest absolute Gasteiger partial charge is 0.410 e. The van der Waals surface area contributed by atoms with E-state index in [0.29, 0.717) is 5.69 Å². The molecule has 0 aliphatic rings. The summed E-state index contributed by atoms with van der Waals surface area (Å²) in [5, 5.41) is 21.7. The van der Waals surface area contributed by atoms with Crippen molar-refractivity contribution in [2.45, 2.75) is 11.4 Å². The van der Waals surface area contributed by atoms with E-state index < -0.39 is 24.7 Å². The molecule has 0 radical (unpaired) electrons. The summed E-state index contributed by atoms with van der Waals surface area (Å²) in [6.07, 6.45) is 2.55. The van der Waals surface area contributed by atoms with E-state index in [-0.39, 0.29) is 6.54 Å². The Labute approximate surface area is 111 Å². The molecule has 0 aromatic carbocycles. The fraction of sp³-hybridized carbons (Fsp3) is 0.286. The molecule has 2 aromatic heterocycles. The lowest BCUT2D eigenvalue weighted by Gasteiger charge is -1.89. The topological polar surface area (TPSA) is 126 Å². The minimum absolute atomic E-state index is 0.0427. The molecule has 0 unspecified atom stereocenters. The van der Waals surface area contributed by atoms with E-state index >= 15 is 0 Å². The molecule has 0 aliphatic heterocycles. The Balaban J connectivity index is 2.41. The van der Waals surface area contributed by atoms with Crippen molar-refractivity contribution < 1.29 is 13.3 Å². The van der Waals surface area contributed by atoms with Crippen molar-refractivity contribution in [2.75, 3.05) is 0 Å². The third-order valence-electron chi connectivity index (χ3n) is 2.12. The fourth-order valence-electron chi connectivity index (χ4n) is 1.41. The van der Waals surface area contributed by atoms with Gasteiger partial charge in [0.1, 0.15) is 12.2 Å².